The van der Waals surface area contributed by atoms with Gasteiger partial charge in [-0.15, -0.1) is 0 Å². The number of nitrogens with one attached hydrogen (secondary N) is 2. The average molecular weight is 450 g/mol. The van der Waals surface area contributed by atoms with E-state index < -0.39 is 12.1 Å². The van der Waals surface area contributed by atoms with Crippen molar-refractivity contribution in [2.75, 3.05) is 19.6 Å². The Morgan fingerprint density at radius 1 is 1.19 bits per heavy atom. The first kappa shape index (κ1) is 25.3. The summed E-state index contributed by atoms with van der Waals surface area (Å²) in [6.45, 7) is 10.5. The first-order valence-corrected chi connectivity index (χ1v) is 11.7. The number of likely N-dealkylation sites (tertiary alicyclic amines) is 1. The summed E-state index contributed by atoms with van der Waals surface area (Å²) < 4.78 is 0. The minimum absolute atomic E-state index is 0.0358. The lowest BCUT2D eigenvalue weighted by Crippen LogP contribution is -2.56. The van der Waals surface area contributed by atoms with Crippen molar-refractivity contribution in [3.63, 3.8) is 0 Å². The number of ketones is 1. The zero-order valence-corrected chi connectivity index (χ0v) is 19.9. The lowest BCUT2D eigenvalue weighted by Gasteiger charge is -2.32. The van der Waals surface area contributed by atoms with Gasteiger partial charge in [0, 0.05) is 17.1 Å². The molecule has 1 heterocycles. The van der Waals surface area contributed by atoms with Gasteiger partial charge in [0.05, 0.1) is 12.6 Å². The van der Waals surface area contributed by atoms with Crippen molar-refractivity contribution in [1.82, 2.24) is 15.5 Å². The van der Waals surface area contributed by atoms with Gasteiger partial charge in [0.1, 0.15) is 6.04 Å². The predicted molar refractivity (Wildman–Crippen MR) is 124 cm³/mol. The minimum Gasteiger partial charge on any atom is -0.344 e. The lowest BCUT2D eigenvalue weighted by atomic mass is 9.99. The number of piperidine rings is 1. The fourth-order valence-electron chi connectivity index (χ4n) is 3.80. The maximum Gasteiger partial charge on any atom is 0.251 e. The van der Waals surface area contributed by atoms with Crippen molar-refractivity contribution in [2.45, 2.75) is 65.5 Å². The molecule has 0 aliphatic carbocycles. The SMILES string of the molecule is CC(C)CCCN1CCC(NC(=O)[C@H](CC(C)C)NC(=O)c2cccc(Cl)c2)C(=O)C1. The summed E-state index contributed by atoms with van der Waals surface area (Å²) in [6, 6.07) is 5.42. The topological polar surface area (TPSA) is 78.5 Å². The van der Waals surface area contributed by atoms with Crippen LogP contribution in [0.4, 0.5) is 0 Å². The molecule has 2 N–H and O–H groups in total. The molecule has 1 aromatic carbocycles. The van der Waals surface area contributed by atoms with Gasteiger partial charge < -0.3 is 10.6 Å². The van der Waals surface area contributed by atoms with Gasteiger partial charge in [-0.1, -0.05) is 45.4 Å². The van der Waals surface area contributed by atoms with Crippen LogP contribution in [0.15, 0.2) is 24.3 Å². The van der Waals surface area contributed by atoms with E-state index in [1.54, 1.807) is 24.3 Å². The molecule has 172 valence electrons. The molecule has 1 unspecified atom stereocenters. The molecular formula is C24H36ClN3O3. The Labute approximate surface area is 191 Å². The molecule has 0 aromatic heterocycles. The molecule has 1 aromatic rings. The van der Waals surface area contributed by atoms with Gasteiger partial charge in [0.25, 0.3) is 5.91 Å². The van der Waals surface area contributed by atoms with Crippen LogP contribution in [0.3, 0.4) is 0 Å². The number of rotatable bonds is 10. The van der Waals surface area contributed by atoms with Crippen LogP contribution in [0.25, 0.3) is 0 Å². The molecule has 2 atom stereocenters. The summed E-state index contributed by atoms with van der Waals surface area (Å²) in [5.74, 6) is 0.236. The number of hydrogen-bond acceptors (Lipinski definition) is 4. The highest BCUT2D eigenvalue weighted by Gasteiger charge is 2.31. The lowest BCUT2D eigenvalue weighted by molar-refractivity contribution is -0.131. The van der Waals surface area contributed by atoms with Crippen LogP contribution in [0.1, 0.15) is 63.7 Å². The molecule has 31 heavy (non-hydrogen) atoms. The van der Waals surface area contributed by atoms with Gasteiger partial charge in [0.15, 0.2) is 5.78 Å². The largest absolute Gasteiger partial charge is 0.344 e. The predicted octanol–water partition coefficient (Wildman–Crippen LogP) is 3.68. The van der Waals surface area contributed by atoms with Crippen molar-refractivity contribution in [2.24, 2.45) is 11.8 Å². The summed E-state index contributed by atoms with van der Waals surface area (Å²) in [7, 11) is 0. The number of hydrogen-bond donors (Lipinski definition) is 2. The highest BCUT2D eigenvalue weighted by Crippen LogP contribution is 2.14. The number of Topliss-reactive ketones (excluding diaryl/α,β-unsaturated/α-hetero) is 1. The summed E-state index contributed by atoms with van der Waals surface area (Å²) in [5.41, 5.74) is 0.403. The van der Waals surface area contributed by atoms with Gasteiger partial charge in [-0.25, -0.2) is 0 Å². The normalized spacial score (nSPS) is 18.3. The van der Waals surface area contributed by atoms with Gasteiger partial charge in [0.2, 0.25) is 5.91 Å². The molecule has 7 heteroatoms. The Hall–Kier alpha value is -1.92. The molecule has 2 rings (SSSR count). The molecule has 0 spiro atoms. The molecular weight excluding hydrogens is 414 g/mol. The van der Waals surface area contributed by atoms with E-state index in [1.807, 2.05) is 13.8 Å². The number of nitrogens with zero attached hydrogens (tertiary/aromatic N) is 1. The van der Waals surface area contributed by atoms with Gasteiger partial charge in [-0.3, -0.25) is 19.3 Å². The Bertz CT molecular complexity index is 766. The smallest absolute Gasteiger partial charge is 0.251 e. The zero-order valence-electron chi connectivity index (χ0n) is 19.1. The van der Waals surface area contributed by atoms with Crippen LogP contribution in [0, 0.1) is 11.8 Å². The van der Waals surface area contributed by atoms with Crippen LogP contribution in [0.5, 0.6) is 0 Å². The number of halogens is 1. The molecule has 1 aliphatic heterocycles. The third-order valence-corrected chi connectivity index (χ3v) is 5.73. The first-order valence-electron chi connectivity index (χ1n) is 11.3. The second kappa shape index (κ2) is 12.2. The average Bonchev–Trinajstić information content (AvgIpc) is 2.68. The Morgan fingerprint density at radius 3 is 2.55 bits per heavy atom. The molecule has 0 bridgehead atoms. The Morgan fingerprint density at radius 2 is 1.94 bits per heavy atom. The quantitative estimate of drug-likeness (QED) is 0.571. The van der Waals surface area contributed by atoms with E-state index in [4.69, 9.17) is 11.6 Å². The second-order valence-corrected chi connectivity index (χ2v) is 9.73. The molecule has 0 radical (unpaired) electrons. The molecule has 6 nitrogen and oxygen atoms in total. The van der Waals surface area contributed by atoms with Crippen molar-refractivity contribution in [1.29, 1.82) is 0 Å². The highest BCUT2D eigenvalue weighted by molar-refractivity contribution is 6.31. The third kappa shape index (κ3) is 8.62. The van der Waals surface area contributed by atoms with Crippen LogP contribution >= 0.6 is 11.6 Å². The van der Waals surface area contributed by atoms with Crippen LogP contribution < -0.4 is 10.6 Å². The van der Waals surface area contributed by atoms with E-state index in [1.165, 1.54) is 0 Å². The third-order valence-electron chi connectivity index (χ3n) is 5.49. The van der Waals surface area contributed by atoms with E-state index in [0.717, 1.165) is 25.9 Å². The van der Waals surface area contributed by atoms with E-state index in [9.17, 15) is 14.4 Å². The van der Waals surface area contributed by atoms with E-state index in [0.29, 0.717) is 35.9 Å². The Kier molecular flexibility index (Phi) is 9.97. The maximum absolute atomic E-state index is 12.9. The summed E-state index contributed by atoms with van der Waals surface area (Å²) >= 11 is 5.98. The van der Waals surface area contributed by atoms with Crippen molar-refractivity contribution >= 4 is 29.2 Å². The number of carbonyl (C=O) groups is 3. The fourth-order valence-corrected chi connectivity index (χ4v) is 3.99. The van der Waals surface area contributed by atoms with Crippen LogP contribution in [0.2, 0.25) is 5.02 Å². The molecule has 2 amide bonds. The molecule has 1 saturated heterocycles. The Balaban J connectivity index is 1.93. The van der Waals surface area contributed by atoms with Crippen molar-refractivity contribution in [3.8, 4) is 0 Å². The number of amides is 2. The van der Waals surface area contributed by atoms with E-state index in [-0.39, 0.29) is 23.5 Å². The van der Waals surface area contributed by atoms with Gasteiger partial charge >= 0.3 is 0 Å². The van der Waals surface area contributed by atoms with E-state index >= 15 is 0 Å². The standard InChI is InChI=1S/C24H36ClN3O3/c1-16(2)7-6-11-28-12-10-20(22(29)15-28)26-24(31)21(13-17(3)4)27-23(30)18-8-5-9-19(25)14-18/h5,8-9,14,16-17,20-21H,6-7,10-13,15H2,1-4H3,(H,26,31)(H,27,30)/t20?,21-/m0/s1. The highest BCUT2D eigenvalue weighted by atomic mass is 35.5. The van der Waals surface area contributed by atoms with Crippen molar-refractivity contribution < 1.29 is 14.4 Å². The molecule has 1 aliphatic rings. The van der Waals surface area contributed by atoms with Crippen LogP contribution in [-0.2, 0) is 9.59 Å². The summed E-state index contributed by atoms with van der Waals surface area (Å²) in [4.78, 5) is 40.3. The summed E-state index contributed by atoms with van der Waals surface area (Å²) in [6.07, 6.45) is 3.31. The maximum atomic E-state index is 12.9. The first-order chi connectivity index (χ1) is 14.7. The fraction of sp³-hybridized carbons (Fsp3) is 0.625. The summed E-state index contributed by atoms with van der Waals surface area (Å²) in [5, 5.41) is 6.15. The molecule has 1 fully saturated rings. The van der Waals surface area contributed by atoms with Crippen molar-refractivity contribution in [3.05, 3.63) is 34.9 Å². The van der Waals surface area contributed by atoms with E-state index in [2.05, 4.69) is 29.4 Å². The number of benzene rings is 1. The molecule has 0 saturated carbocycles. The second-order valence-electron chi connectivity index (χ2n) is 9.29. The van der Waals surface area contributed by atoms with Gasteiger partial charge in [-0.05, 0) is 62.3 Å². The number of carbonyl (C=O) groups excluding carboxylic acids is 3. The minimum atomic E-state index is -0.705. The zero-order chi connectivity index (χ0) is 23.0. The van der Waals surface area contributed by atoms with Crippen LogP contribution in [-0.4, -0.2) is 54.2 Å². The van der Waals surface area contributed by atoms with Gasteiger partial charge in [-0.2, -0.15) is 0 Å². The monoisotopic (exact) mass is 449 g/mol.